The van der Waals surface area contributed by atoms with Crippen LogP contribution in [0.25, 0.3) is 0 Å². The molecular weight excluding hydrogens is 220 g/mol. The van der Waals surface area contributed by atoms with Crippen LogP contribution in [-0.4, -0.2) is 4.98 Å². The molecule has 0 amide bonds. The first kappa shape index (κ1) is 12.8. The van der Waals surface area contributed by atoms with Gasteiger partial charge in [-0.2, -0.15) is 0 Å². The number of rotatable bonds is 4. The quantitative estimate of drug-likeness (QED) is 0.890. The second-order valence-electron chi connectivity index (χ2n) is 4.87. The number of aromatic nitrogens is 1. The Labute approximate surface area is 109 Å². The van der Waals surface area contributed by atoms with E-state index in [4.69, 9.17) is 5.73 Å². The van der Waals surface area contributed by atoms with E-state index in [1.54, 1.807) is 0 Å². The third-order valence-corrected chi connectivity index (χ3v) is 3.19. The van der Waals surface area contributed by atoms with Crippen molar-refractivity contribution in [1.82, 2.24) is 4.98 Å². The highest BCUT2D eigenvalue weighted by Gasteiger charge is 2.06. The molecular formula is C16H20N2. The Kier molecular flexibility index (Phi) is 4.11. The van der Waals surface area contributed by atoms with Crippen LogP contribution < -0.4 is 5.73 Å². The summed E-state index contributed by atoms with van der Waals surface area (Å²) in [5.41, 5.74) is 11.0. The van der Waals surface area contributed by atoms with Crippen molar-refractivity contribution in [1.29, 1.82) is 0 Å². The molecule has 94 valence electrons. The number of benzene rings is 1. The van der Waals surface area contributed by atoms with Gasteiger partial charge in [-0.3, -0.25) is 4.98 Å². The Hall–Kier alpha value is -1.67. The fraction of sp³-hybridized carbons (Fsp3) is 0.312. The number of hydrogen-bond donors (Lipinski definition) is 1. The van der Waals surface area contributed by atoms with Gasteiger partial charge in [-0.1, -0.05) is 35.9 Å². The molecule has 2 rings (SSSR count). The van der Waals surface area contributed by atoms with Gasteiger partial charge in [-0.05, 0) is 43.9 Å². The van der Waals surface area contributed by atoms with Crippen LogP contribution >= 0.6 is 0 Å². The minimum absolute atomic E-state index is 0.0682. The molecule has 1 aromatic carbocycles. The molecule has 2 heteroatoms. The molecule has 2 aromatic rings. The number of nitrogens with zero attached hydrogens (tertiary/aromatic N) is 1. The van der Waals surface area contributed by atoms with E-state index in [0.29, 0.717) is 0 Å². The Morgan fingerprint density at radius 1 is 1.17 bits per heavy atom. The summed E-state index contributed by atoms with van der Waals surface area (Å²) < 4.78 is 0. The molecule has 0 saturated carbocycles. The van der Waals surface area contributed by atoms with Crippen molar-refractivity contribution in [3.8, 4) is 0 Å². The van der Waals surface area contributed by atoms with Gasteiger partial charge in [0.1, 0.15) is 0 Å². The number of pyridine rings is 1. The first-order valence-electron chi connectivity index (χ1n) is 6.39. The molecule has 0 bridgehead atoms. The lowest BCUT2D eigenvalue weighted by atomic mass is 10.00. The van der Waals surface area contributed by atoms with Crippen molar-refractivity contribution >= 4 is 0 Å². The Balaban J connectivity index is 1.96. The maximum atomic E-state index is 6.19. The summed E-state index contributed by atoms with van der Waals surface area (Å²) in [6.45, 7) is 4.11. The highest BCUT2D eigenvalue weighted by molar-refractivity contribution is 5.23. The molecule has 0 radical (unpaired) electrons. The van der Waals surface area contributed by atoms with Crippen molar-refractivity contribution < 1.29 is 0 Å². The second kappa shape index (κ2) is 5.78. The molecule has 18 heavy (non-hydrogen) atoms. The molecule has 1 unspecified atom stereocenters. The van der Waals surface area contributed by atoms with Crippen molar-refractivity contribution in [2.24, 2.45) is 5.73 Å². The van der Waals surface area contributed by atoms with E-state index < -0.39 is 0 Å². The van der Waals surface area contributed by atoms with E-state index in [-0.39, 0.29) is 6.04 Å². The van der Waals surface area contributed by atoms with Gasteiger partial charge in [0.25, 0.3) is 0 Å². The Bertz CT molecular complexity index is 503. The van der Waals surface area contributed by atoms with Crippen LogP contribution in [0.15, 0.2) is 42.6 Å². The van der Waals surface area contributed by atoms with E-state index in [1.807, 2.05) is 19.2 Å². The zero-order valence-electron chi connectivity index (χ0n) is 11.1. The van der Waals surface area contributed by atoms with Gasteiger partial charge in [-0.15, -0.1) is 0 Å². The third-order valence-electron chi connectivity index (χ3n) is 3.19. The van der Waals surface area contributed by atoms with Crippen LogP contribution in [0.1, 0.15) is 34.8 Å². The highest BCUT2D eigenvalue weighted by Crippen LogP contribution is 2.16. The summed E-state index contributed by atoms with van der Waals surface area (Å²) in [7, 11) is 0. The van der Waals surface area contributed by atoms with E-state index >= 15 is 0 Å². The van der Waals surface area contributed by atoms with E-state index in [9.17, 15) is 0 Å². The van der Waals surface area contributed by atoms with E-state index in [2.05, 4.69) is 42.2 Å². The maximum Gasteiger partial charge on any atom is 0.0372 e. The summed E-state index contributed by atoms with van der Waals surface area (Å²) in [4.78, 5) is 4.29. The van der Waals surface area contributed by atoms with Gasteiger partial charge in [-0.25, -0.2) is 0 Å². The molecule has 0 fully saturated rings. The fourth-order valence-electron chi connectivity index (χ4n) is 2.06. The Morgan fingerprint density at radius 2 is 2.00 bits per heavy atom. The van der Waals surface area contributed by atoms with Gasteiger partial charge in [0.05, 0.1) is 0 Å². The molecule has 1 aromatic heterocycles. The van der Waals surface area contributed by atoms with Gasteiger partial charge in [0, 0.05) is 17.9 Å². The lowest BCUT2D eigenvalue weighted by Crippen LogP contribution is -2.11. The van der Waals surface area contributed by atoms with Crippen LogP contribution in [0.3, 0.4) is 0 Å². The highest BCUT2D eigenvalue weighted by atomic mass is 14.7. The average Bonchev–Trinajstić information content (AvgIpc) is 2.37. The largest absolute Gasteiger partial charge is 0.324 e. The molecule has 0 saturated heterocycles. The van der Waals surface area contributed by atoms with Crippen LogP contribution in [0.4, 0.5) is 0 Å². The molecule has 1 heterocycles. The standard InChI is InChI=1S/C16H20N2/c1-12-4-3-5-14(10-12)7-9-16(17)15-8-6-13(2)18-11-15/h3-6,8,10-11,16H,7,9,17H2,1-2H3. The Morgan fingerprint density at radius 3 is 2.67 bits per heavy atom. The zero-order valence-corrected chi connectivity index (χ0v) is 11.1. The summed E-state index contributed by atoms with van der Waals surface area (Å²) in [5.74, 6) is 0. The van der Waals surface area contributed by atoms with Crippen molar-refractivity contribution in [2.75, 3.05) is 0 Å². The summed E-state index contributed by atoms with van der Waals surface area (Å²) >= 11 is 0. The topological polar surface area (TPSA) is 38.9 Å². The number of hydrogen-bond acceptors (Lipinski definition) is 2. The SMILES string of the molecule is Cc1cccc(CCC(N)c2ccc(C)nc2)c1. The van der Waals surface area contributed by atoms with Gasteiger partial charge in [0.15, 0.2) is 0 Å². The third kappa shape index (κ3) is 3.41. The maximum absolute atomic E-state index is 6.19. The molecule has 0 aliphatic carbocycles. The predicted molar refractivity (Wildman–Crippen MR) is 75.4 cm³/mol. The van der Waals surface area contributed by atoms with Crippen LogP contribution in [0, 0.1) is 13.8 Å². The number of nitrogens with two attached hydrogens (primary N) is 1. The number of aryl methyl sites for hydroxylation is 3. The van der Waals surface area contributed by atoms with Gasteiger partial charge >= 0.3 is 0 Å². The predicted octanol–water partition coefficient (Wildman–Crippen LogP) is 3.33. The van der Waals surface area contributed by atoms with E-state index in [1.165, 1.54) is 11.1 Å². The first-order valence-corrected chi connectivity index (χ1v) is 6.39. The van der Waals surface area contributed by atoms with Gasteiger partial charge in [0.2, 0.25) is 0 Å². The average molecular weight is 240 g/mol. The normalized spacial score (nSPS) is 12.4. The summed E-state index contributed by atoms with van der Waals surface area (Å²) in [6.07, 6.45) is 3.85. The molecule has 1 atom stereocenters. The van der Waals surface area contributed by atoms with Crippen molar-refractivity contribution in [3.63, 3.8) is 0 Å². The molecule has 0 aliphatic rings. The second-order valence-corrected chi connectivity index (χ2v) is 4.87. The summed E-state index contributed by atoms with van der Waals surface area (Å²) in [5, 5.41) is 0. The summed E-state index contributed by atoms with van der Waals surface area (Å²) in [6, 6.07) is 12.8. The van der Waals surface area contributed by atoms with Crippen LogP contribution in [0.5, 0.6) is 0 Å². The first-order chi connectivity index (χ1) is 8.65. The van der Waals surface area contributed by atoms with Crippen LogP contribution in [0.2, 0.25) is 0 Å². The fourth-order valence-corrected chi connectivity index (χ4v) is 2.06. The van der Waals surface area contributed by atoms with Crippen molar-refractivity contribution in [2.45, 2.75) is 32.7 Å². The zero-order chi connectivity index (χ0) is 13.0. The van der Waals surface area contributed by atoms with E-state index in [0.717, 1.165) is 24.1 Å². The lowest BCUT2D eigenvalue weighted by molar-refractivity contribution is 0.648. The van der Waals surface area contributed by atoms with Crippen LogP contribution in [-0.2, 0) is 6.42 Å². The molecule has 0 aliphatic heterocycles. The lowest BCUT2D eigenvalue weighted by Gasteiger charge is -2.12. The minimum Gasteiger partial charge on any atom is -0.324 e. The monoisotopic (exact) mass is 240 g/mol. The molecule has 2 N–H and O–H groups in total. The molecule has 2 nitrogen and oxygen atoms in total. The molecule has 0 spiro atoms. The smallest absolute Gasteiger partial charge is 0.0372 e. The van der Waals surface area contributed by atoms with Crippen molar-refractivity contribution in [3.05, 3.63) is 65.0 Å². The van der Waals surface area contributed by atoms with Gasteiger partial charge < -0.3 is 5.73 Å². The minimum atomic E-state index is 0.0682.